The van der Waals surface area contributed by atoms with E-state index in [2.05, 4.69) is 9.44 Å². The number of alkyl halides is 4. The van der Waals surface area contributed by atoms with Crippen molar-refractivity contribution in [2.24, 2.45) is 58.0 Å². The first-order chi connectivity index (χ1) is 14.8. The van der Waals surface area contributed by atoms with Gasteiger partial charge in [-0.25, -0.2) is 0 Å². The summed E-state index contributed by atoms with van der Waals surface area (Å²) in [5.74, 6) is -8.31. The zero-order valence-corrected chi connectivity index (χ0v) is 18.1. The van der Waals surface area contributed by atoms with Gasteiger partial charge in [-0.05, 0) is 61.2 Å². The summed E-state index contributed by atoms with van der Waals surface area (Å²) in [7, 11) is -6.08. The van der Waals surface area contributed by atoms with Gasteiger partial charge in [0.25, 0.3) is 0 Å². The molecule has 0 aromatic rings. The summed E-state index contributed by atoms with van der Waals surface area (Å²) in [6.07, 6.45) is 6.11. The lowest BCUT2D eigenvalue weighted by molar-refractivity contribution is -0.203. The summed E-state index contributed by atoms with van der Waals surface area (Å²) < 4.78 is 86.4. The number of halogens is 4. The first-order valence-electron chi connectivity index (χ1n) is 10.8. The van der Waals surface area contributed by atoms with Gasteiger partial charge in [-0.2, -0.15) is 26.0 Å². The van der Waals surface area contributed by atoms with Crippen LogP contribution in [0.2, 0.25) is 0 Å². The smallest absolute Gasteiger partial charge is 0.384 e. The van der Waals surface area contributed by atoms with Gasteiger partial charge in [-0.15, -0.1) is 0 Å². The molecule has 3 saturated carbocycles. The molecule has 4 rings (SSSR count). The van der Waals surface area contributed by atoms with E-state index in [0.717, 1.165) is 6.42 Å². The van der Waals surface area contributed by atoms with Crippen molar-refractivity contribution in [1.82, 2.24) is 0 Å². The minimum Gasteiger partial charge on any atom is -0.384 e. The van der Waals surface area contributed by atoms with Gasteiger partial charge < -0.3 is 11.5 Å². The van der Waals surface area contributed by atoms with Crippen LogP contribution in [-0.2, 0) is 19.2 Å². The monoisotopic (exact) mass is 481 g/mol. The highest BCUT2D eigenvalue weighted by molar-refractivity contribution is 7.87. The second-order valence-electron chi connectivity index (χ2n) is 9.68. The SMILES string of the molecule is NC(=O)CC1C2C=CC(C2)C1CC(N)=NOS(=O)(=O)C(F)(F)C(F)(F)C1CC2CCC1C2. The lowest BCUT2D eigenvalue weighted by Gasteiger charge is -2.33. The Balaban J connectivity index is 1.44. The Labute approximate surface area is 183 Å². The lowest BCUT2D eigenvalue weighted by Crippen LogP contribution is -2.53. The average molecular weight is 482 g/mol. The summed E-state index contributed by atoms with van der Waals surface area (Å²) in [6, 6.07) is 0. The van der Waals surface area contributed by atoms with Crippen LogP contribution in [0.25, 0.3) is 0 Å². The van der Waals surface area contributed by atoms with Gasteiger partial charge in [0.15, 0.2) is 0 Å². The van der Waals surface area contributed by atoms with E-state index in [9.17, 15) is 30.8 Å². The average Bonchev–Trinajstić information content (AvgIpc) is 3.48. The van der Waals surface area contributed by atoms with Gasteiger partial charge in [-0.3, -0.25) is 9.08 Å². The number of amidine groups is 1. The highest BCUT2D eigenvalue weighted by Crippen LogP contribution is 2.58. The largest absolute Gasteiger partial charge is 0.444 e. The number of hydrogen-bond donors (Lipinski definition) is 2. The number of rotatable bonds is 9. The van der Waals surface area contributed by atoms with Crippen molar-refractivity contribution < 1.29 is 35.1 Å². The molecule has 0 radical (unpaired) electrons. The van der Waals surface area contributed by atoms with Crippen LogP contribution >= 0.6 is 0 Å². The zero-order valence-electron chi connectivity index (χ0n) is 17.3. The number of nitrogens with zero attached hydrogens (tertiary/aromatic N) is 1. The minimum absolute atomic E-state index is 0.0344. The molecule has 1 amide bonds. The van der Waals surface area contributed by atoms with Crippen molar-refractivity contribution in [3.05, 3.63) is 12.2 Å². The number of hydrogen-bond acceptors (Lipinski definition) is 5. The molecule has 12 heteroatoms. The van der Waals surface area contributed by atoms with E-state index in [1.165, 1.54) is 0 Å². The molecule has 3 fully saturated rings. The topological polar surface area (TPSA) is 125 Å². The number of carbonyl (C=O) groups excluding carboxylic acids is 1. The Morgan fingerprint density at radius 2 is 1.62 bits per heavy atom. The normalized spacial score (nSPS) is 36.8. The molecule has 180 valence electrons. The molecule has 4 aliphatic rings. The molecule has 0 heterocycles. The van der Waals surface area contributed by atoms with Crippen molar-refractivity contribution in [2.45, 2.75) is 56.1 Å². The zero-order chi connectivity index (χ0) is 23.5. The molecule has 0 spiro atoms. The highest BCUT2D eigenvalue weighted by Gasteiger charge is 2.73. The molecule has 4 bridgehead atoms. The number of allylic oxidation sites excluding steroid dienone is 2. The number of carbonyl (C=O) groups is 1. The molecule has 4 aliphatic carbocycles. The second-order valence-corrected chi connectivity index (χ2v) is 11.3. The van der Waals surface area contributed by atoms with Gasteiger partial charge in [0, 0.05) is 18.8 Å². The molecule has 32 heavy (non-hydrogen) atoms. The van der Waals surface area contributed by atoms with E-state index in [-0.39, 0.29) is 48.9 Å². The maximum Gasteiger partial charge on any atom is 0.444 e. The fourth-order valence-electron chi connectivity index (χ4n) is 6.36. The minimum atomic E-state index is -6.08. The maximum absolute atomic E-state index is 14.6. The quantitative estimate of drug-likeness (QED) is 0.172. The van der Waals surface area contributed by atoms with Gasteiger partial charge in [0.05, 0.1) is 0 Å². The standard InChI is InChI=1S/C20H27F4N3O4S/c21-19(22,16-6-10-1-2-13(16)5-10)20(23,24)32(29,30)31-27-17(25)8-14-11-3-4-12(7-11)15(14)9-18(26)28/h3-4,10-16H,1-2,5-9H2,(H2,25,27)(H2,26,28). The Kier molecular flexibility index (Phi) is 5.74. The Morgan fingerprint density at radius 3 is 2.16 bits per heavy atom. The summed E-state index contributed by atoms with van der Waals surface area (Å²) in [4.78, 5) is 11.4. The Morgan fingerprint density at radius 1 is 1.00 bits per heavy atom. The van der Waals surface area contributed by atoms with E-state index in [0.29, 0.717) is 19.3 Å². The molecule has 0 saturated heterocycles. The third-order valence-corrected chi connectivity index (χ3v) is 9.01. The lowest BCUT2D eigenvalue weighted by atomic mass is 9.79. The maximum atomic E-state index is 14.6. The number of fused-ring (bicyclic) bond motifs is 4. The van der Waals surface area contributed by atoms with Gasteiger partial charge >= 0.3 is 21.3 Å². The van der Waals surface area contributed by atoms with E-state index in [4.69, 9.17) is 11.5 Å². The predicted octanol–water partition coefficient (Wildman–Crippen LogP) is 2.97. The van der Waals surface area contributed by atoms with Crippen LogP contribution in [0.1, 0.15) is 44.9 Å². The molecule has 0 aliphatic heterocycles. The Bertz CT molecular complexity index is 939. The van der Waals surface area contributed by atoms with Crippen LogP contribution in [0, 0.1) is 41.4 Å². The van der Waals surface area contributed by atoms with Crippen molar-refractivity contribution >= 4 is 21.9 Å². The van der Waals surface area contributed by atoms with Crippen molar-refractivity contribution in [1.29, 1.82) is 0 Å². The van der Waals surface area contributed by atoms with Gasteiger partial charge in [0.1, 0.15) is 5.84 Å². The first kappa shape index (κ1) is 23.3. The third-order valence-electron chi connectivity index (χ3n) is 7.84. The summed E-state index contributed by atoms with van der Waals surface area (Å²) in [6.45, 7) is 0. The van der Waals surface area contributed by atoms with E-state index >= 15 is 0 Å². The van der Waals surface area contributed by atoms with Crippen LogP contribution < -0.4 is 11.5 Å². The van der Waals surface area contributed by atoms with E-state index in [1.54, 1.807) is 0 Å². The van der Waals surface area contributed by atoms with Crippen LogP contribution in [0.3, 0.4) is 0 Å². The summed E-state index contributed by atoms with van der Waals surface area (Å²) >= 11 is 0. The predicted molar refractivity (Wildman–Crippen MR) is 107 cm³/mol. The molecule has 0 aromatic carbocycles. The fourth-order valence-corrected chi connectivity index (χ4v) is 7.13. The highest BCUT2D eigenvalue weighted by atomic mass is 32.2. The van der Waals surface area contributed by atoms with Gasteiger partial charge in [-0.1, -0.05) is 23.7 Å². The third kappa shape index (κ3) is 3.77. The van der Waals surface area contributed by atoms with Crippen LogP contribution in [0.4, 0.5) is 17.6 Å². The van der Waals surface area contributed by atoms with E-state index < -0.39 is 44.9 Å². The second kappa shape index (κ2) is 7.88. The van der Waals surface area contributed by atoms with Crippen LogP contribution in [0.5, 0.6) is 0 Å². The molecule has 7 atom stereocenters. The molecule has 0 aromatic heterocycles. The van der Waals surface area contributed by atoms with Crippen molar-refractivity contribution in [3.8, 4) is 0 Å². The molecular formula is C20H27F4N3O4S. The van der Waals surface area contributed by atoms with Gasteiger partial charge in [0.2, 0.25) is 5.91 Å². The number of amides is 1. The van der Waals surface area contributed by atoms with Crippen LogP contribution in [-0.4, -0.2) is 31.3 Å². The Hall–Kier alpha value is -1.85. The van der Waals surface area contributed by atoms with Crippen molar-refractivity contribution in [3.63, 3.8) is 0 Å². The molecule has 7 unspecified atom stereocenters. The summed E-state index contributed by atoms with van der Waals surface area (Å²) in [5.41, 5.74) is 11.0. The molecular weight excluding hydrogens is 454 g/mol. The van der Waals surface area contributed by atoms with Crippen molar-refractivity contribution in [2.75, 3.05) is 0 Å². The fraction of sp³-hybridized carbons (Fsp3) is 0.800. The van der Waals surface area contributed by atoms with Crippen LogP contribution in [0.15, 0.2) is 17.3 Å². The van der Waals surface area contributed by atoms with E-state index in [1.807, 2.05) is 12.2 Å². The molecule has 7 nitrogen and oxygen atoms in total. The number of oxime groups is 1. The summed E-state index contributed by atoms with van der Waals surface area (Å²) in [5, 5.41) is -2.38. The molecule has 4 N–H and O–H groups in total. The first-order valence-corrected chi connectivity index (χ1v) is 12.2. The number of nitrogens with two attached hydrogens (primary N) is 2. The number of primary amides is 1.